The van der Waals surface area contributed by atoms with E-state index in [2.05, 4.69) is 41.8 Å². The molecule has 0 aliphatic rings. The SMILES string of the molecule is CC.CCc1ccnc(C(C)(C)Sc2nc(N)cc(SC)n2)c1. The molecule has 0 bridgehead atoms. The van der Waals surface area contributed by atoms with E-state index in [-0.39, 0.29) is 4.75 Å². The number of rotatable bonds is 5. The molecule has 0 spiro atoms. The zero-order chi connectivity index (χ0) is 17.5. The third kappa shape index (κ3) is 5.70. The van der Waals surface area contributed by atoms with Crippen LogP contribution < -0.4 is 5.73 Å². The Bertz CT molecular complexity index is 630. The minimum absolute atomic E-state index is 0.214. The Kier molecular flexibility index (Phi) is 7.85. The topological polar surface area (TPSA) is 64.7 Å². The molecule has 23 heavy (non-hydrogen) atoms. The van der Waals surface area contributed by atoms with Crippen molar-refractivity contribution >= 4 is 29.3 Å². The Morgan fingerprint density at radius 3 is 2.48 bits per heavy atom. The lowest BCUT2D eigenvalue weighted by Crippen LogP contribution is -2.15. The van der Waals surface area contributed by atoms with Crippen LogP contribution in [0.1, 0.15) is 45.9 Å². The van der Waals surface area contributed by atoms with Crippen molar-refractivity contribution < 1.29 is 0 Å². The number of hydrogen-bond acceptors (Lipinski definition) is 6. The summed E-state index contributed by atoms with van der Waals surface area (Å²) in [6.07, 6.45) is 4.85. The molecule has 0 saturated carbocycles. The summed E-state index contributed by atoms with van der Waals surface area (Å²) in [5.74, 6) is 0.503. The lowest BCUT2D eigenvalue weighted by atomic mass is 10.1. The Morgan fingerprint density at radius 1 is 1.17 bits per heavy atom. The van der Waals surface area contributed by atoms with Crippen molar-refractivity contribution in [3.8, 4) is 0 Å². The van der Waals surface area contributed by atoms with Gasteiger partial charge in [0.15, 0.2) is 5.16 Å². The molecule has 0 saturated heterocycles. The van der Waals surface area contributed by atoms with Gasteiger partial charge in [0, 0.05) is 12.3 Å². The highest BCUT2D eigenvalue weighted by molar-refractivity contribution is 8.00. The first-order valence-electron chi connectivity index (χ1n) is 7.77. The summed E-state index contributed by atoms with van der Waals surface area (Å²) in [5.41, 5.74) is 8.16. The number of pyridine rings is 1. The molecular formula is C17H26N4S2. The summed E-state index contributed by atoms with van der Waals surface area (Å²) < 4.78 is -0.214. The molecule has 0 fully saturated rings. The maximum Gasteiger partial charge on any atom is 0.191 e. The van der Waals surface area contributed by atoms with Crippen LogP contribution in [0, 0.1) is 0 Å². The van der Waals surface area contributed by atoms with Crippen molar-refractivity contribution in [3.63, 3.8) is 0 Å². The summed E-state index contributed by atoms with van der Waals surface area (Å²) in [4.78, 5) is 13.3. The fraction of sp³-hybridized carbons (Fsp3) is 0.471. The predicted molar refractivity (Wildman–Crippen MR) is 102 cm³/mol. The van der Waals surface area contributed by atoms with E-state index in [1.807, 2.05) is 32.4 Å². The van der Waals surface area contributed by atoms with Crippen molar-refractivity contribution in [1.29, 1.82) is 0 Å². The molecule has 126 valence electrons. The Morgan fingerprint density at radius 2 is 1.87 bits per heavy atom. The summed E-state index contributed by atoms with van der Waals surface area (Å²) in [5, 5.41) is 1.57. The fourth-order valence-electron chi connectivity index (χ4n) is 1.87. The molecule has 0 atom stereocenters. The van der Waals surface area contributed by atoms with E-state index < -0.39 is 0 Å². The number of aromatic nitrogens is 3. The molecule has 4 nitrogen and oxygen atoms in total. The highest BCUT2D eigenvalue weighted by Gasteiger charge is 2.25. The average Bonchev–Trinajstić information content (AvgIpc) is 2.55. The van der Waals surface area contributed by atoms with E-state index >= 15 is 0 Å². The summed E-state index contributed by atoms with van der Waals surface area (Å²) in [6, 6.07) is 5.99. The number of thioether (sulfide) groups is 2. The number of aryl methyl sites for hydroxylation is 1. The minimum Gasteiger partial charge on any atom is -0.384 e. The molecule has 6 heteroatoms. The van der Waals surface area contributed by atoms with Crippen molar-refractivity contribution in [3.05, 3.63) is 35.7 Å². The molecule has 2 aromatic heterocycles. The molecule has 0 unspecified atom stereocenters. The van der Waals surface area contributed by atoms with Crippen LogP contribution >= 0.6 is 23.5 Å². The van der Waals surface area contributed by atoms with Crippen molar-refractivity contribution in [2.45, 2.75) is 56.0 Å². The first-order chi connectivity index (χ1) is 10.9. The van der Waals surface area contributed by atoms with E-state index in [4.69, 9.17) is 5.73 Å². The van der Waals surface area contributed by atoms with Crippen molar-refractivity contribution in [2.24, 2.45) is 0 Å². The standard InChI is InChI=1S/C15H20N4S2.C2H6/c1-5-10-6-7-17-11(8-10)15(2,3)21-14-18-12(16)9-13(19-14)20-4;1-2/h6-9H,5H2,1-4H3,(H2,16,18,19);1-2H3. The van der Waals surface area contributed by atoms with Crippen LogP contribution in [0.4, 0.5) is 5.82 Å². The third-order valence-corrected chi connectivity index (χ3v) is 4.82. The van der Waals surface area contributed by atoms with Gasteiger partial charge in [0.2, 0.25) is 0 Å². The van der Waals surface area contributed by atoms with Gasteiger partial charge in [-0.3, -0.25) is 4.98 Å². The molecule has 2 N–H and O–H groups in total. The highest BCUT2D eigenvalue weighted by Crippen LogP contribution is 2.39. The van der Waals surface area contributed by atoms with Crippen LogP contribution in [0.2, 0.25) is 0 Å². The molecular weight excluding hydrogens is 324 g/mol. The average molecular weight is 351 g/mol. The number of anilines is 1. The smallest absolute Gasteiger partial charge is 0.191 e. The molecule has 0 aliphatic carbocycles. The molecule has 0 aromatic carbocycles. The van der Waals surface area contributed by atoms with Gasteiger partial charge in [0.1, 0.15) is 10.8 Å². The normalized spacial score (nSPS) is 10.9. The van der Waals surface area contributed by atoms with Crippen molar-refractivity contribution in [2.75, 3.05) is 12.0 Å². The number of nitrogens with two attached hydrogens (primary N) is 1. The van der Waals surface area contributed by atoms with Gasteiger partial charge in [-0.15, -0.1) is 11.8 Å². The second kappa shape index (κ2) is 9.13. The van der Waals surface area contributed by atoms with Gasteiger partial charge in [-0.05, 0) is 44.2 Å². The predicted octanol–water partition coefficient (Wildman–Crippen LogP) is 4.79. The van der Waals surface area contributed by atoms with E-state index in [0.29, 0.717) is 11.0 Å². The Balaban J connectivity index is 0.00000127. The quantitative estimate of drug-likeness (QED) is 0.475. The lowest BCUT2D eigenvalue weighted by molar-refractivity contribution is 0.734. The van der Waals surface area contributed by atoms with Gasteiger partial charge in [0.05, 0.1) is 10.4 Å². The van der Waals surface area contributed by atoms with Gasteiger partial charge >= 0.3 is 0 Å². The second-order valence-electron chi connectivity index (χ2n) is 5.13. The van der Waals surface area contributed by atoms with Gasteiger partial charge < -0.3 is 5.73 Å². The summed E-state index contributed by atoms with van der Waals surface area (Å²) >= 11 is 3.15. The van der Waals surface area contributed by atoms with Gasteiger partial charge in [0.25, 0.3) is 0 Å². The monoisotopic (exact) mass is 350 g/mol. The largest absolute Gasteiger partial charge is 0.384 e. The zero-order valence-electron chi connectivity index (χ0n) is 14.8. The fourth-order valence-corrected chi connectivity index (χ4v) is 3.32. The number of nitrogen functional groups attached to an aromatic ring is 1. The Labute approximate surface area is 148 Å². The summed E-state index contributed by atoms with van der Waals surface area (Å²) in [6.45, 7) is 10.4. The van der Waals surface area contributed by atoms with E-state index in [1.54, 1.807) is 29.6 Å². The summed E-state index contributed by atoms with van der Waals surface area (Å²) in [7, 11) is 0. The van der Waals surface area contributed by atoms with Crippen LogP contribution in [-0.2, 0) is 11.2 Å². The van der Waals surface area contributed by atoms with E-state index in [1.165, 1.54) is 5.56 Å². The molecule has 0 aliphatic heterocycles. The zero-order valence-corrected chi connectivity index (χ0v) is 16.4. The molecule has 2 aromatic rings. The Hall–Kier alpha value is -1.27. The van der Waals surface area contributed by atoms with Crippen LogP contribution in [0.3, 0.4) is 0 Å². The first kappa shape index (κ1) is 19.8. The number of nitrogens with zero attached hydrogens (tertiary/aromatic N) is 3. The van der Waals surface area contributed by atoms with Gasteiger partial charge in [-0.25, -0.2) is 9.97 Å². The molecule has 0 radical (unpaired) electrons. The van der Waals surface area contributed by atoms with Crippen LogP contribution in [0.25, 0.3) is 0 Å². The van der Waals surface area contributed by atoms with Crippen molar-refractivity contribution in [1.82, 2.24) is 15.0 Å². The lowest BCUT2D eigenvalue weighted by Gasteiger charge is -2.23. The minimum atomic E-state index is -0.214. The molecule has 2 rings (SSSR count). The van der Waals surface area contributed by atoms with Crippen LogP contribution in [0.5, 0.6) is 0 Å². The highest BCUT2D eigenvalue weighted by atomic mass is 32.2. The van der Waals surface area contributed by atoms with Crippen LogP contribution in [-0.4, -0.2) is 21.2 Å². The molecule has 2 heterocycles. The van der Waals surface area contributed by atoms with Crippen LogP contribution in [0.15, 0.2) is 34.6 Å². The third-order valence-electron chi connectivity index (χ3n) is 3.11. The maximum atomic E-state index is 5.84. The maximum absolute atomic E-state index is 5.84. The second-order valence-corrected chi connectivity index (χ2v) is 7.55. The van der Waals surface area contributed by atoms with E-state index in [9.17, 15) is 0 Å². The first-order valence-corrected chi connectivity index (χ1v) is 9.81. The molecule has 0 amide bonds. The van der Waals surface area contributed by atoms with E-state index in [0.717, 1.165) is 17.1 Å². The number of hydrogen-bond donors (Lipinski definition) is 1. The van der Waals surface area contributed by atoms with Gasteiger partial charge in [-0.2, -0.15) is 0 Å². The van der Waals surface area contributed by atoms with Gasteiger partial charge in [-0.1, -0.05) is 32.5 Å².